The number of benzene rings is 1. The number of hydrogen-bond acceptors (Lipinski definition) is 2. The highest BCUT2D eigenvalue weighted by Crippen LogP contribution is 2.17. The number of carbonyl (C=O) groups is 1. The van der Waals surface area contributed by atoms with Crippen LogP contribution in [0.3, 0.4) is 0 Å². The van der Waals surface area contributed by atoms with Crippen LogP contribution in [-0.4, -0.2) is 15.6 Å². The third kappa shape index (κ3) is 2.74. The molecule has 3 nitrogen and oxygen atoms in total. The Kier molecular flexibility index (Phi) is 3.29. The van der Waals surface area contributed by atoms with Crippen LogP contribution in [0.4, 0.5) is 0 Å². The summed E-state index contributed by atoms with van der Waals surface area (Å²) in [5, 5.41) is 4.77. The van der Waals surface area contributed by atoms with Gasteiger partial charge >= 0.3 is 0 Å². The molecule has 2 rings (SSSR count). The third-order valence-corrected chi connectivity index (χ3v) is 2.85. The summed E-state index contributed by atoms with van der Waals surface area (Å²) in [5.74, 6) is 0.0451. The number of rotatable bonds is 3. The van der Waals surface area contributed by atoms with Crippen LogP contribution in [0.1, 0.15) is 21.6 Å². The van der Waals surface area contributed by atoms with E-state index in [-0.39, 0.29) is 5.78 Å². The zero-order valence-electron chi connectivity index (χ0n) is 9.77. The second-order valence-electron chi connectivity index (χ2n) is 4.04. The topological polar surface area (TPSA) is 34.9 Å². The number of aromatic nitrogens is 2. The molecule has 0 amide bonds. The molecular formula is C13H13ClN2O. The minimum absolute atomic E-state index is 0.0451. The Balaban J connectivity index is 2.22. The lowest BCUT2D eigenvalue weighted by Gasteiger charge is -2.04. The van der Waals surface area contributed by atoms with Crippen LogP contribution in [-0.2, 0) is 13.5 Å². The van der Waals surface area contributed by atoms with Crippen LogP contribution >= 0.6 is 11.6 Å². The lowest BCUT2D eigenvalue weighted by atomic mass is 10.0. The molecule has 0 fully saturated rings. The van der Waals surface area contributed by atoms with Gasteiger partial charge in [0.15, 0.2) is 5.78 Å². The normalized spacial score (nSPS) is 10.5. The van der Waals surface area contributed by atoms with E-state index in [1.54, 1.807) is 16.8 Å². The molecule has 1 aromatic heterocycles. The lowest BCUT2D eigenvalue weighted by Crippen LogP contribution is -2.06. The maximum absolute atomic E-state index is 12.1. The second kappa shape index (κ2) is 4.72. The van der Waals surface area contributed by atoms with Gasteiger partial charge in [0.2, 0.25) is 0 Å². The number of Topliss-reactive ketones (excluding diaryl/α,β-unsaturated/α-hetero) is 1. The van der Waals surface area contributed by atoms with Gasteiger partial charge in [0.1, 0.15) is 0 Å². The first-order valence-corrected chi connectivity index (χ1v) is 5.72. The first kappa shape index (κ1) is 11.9. The van der Waals surface area contributed by atoms with Crippen molar-refractivity contribution in [1.82, 2.24) is 9.78 Å². The number of ketones is 1. The van der Waals surface area contributed by atoms with E-state index in [1.165, 1.54) is 0 Å². The van der Waals surface area contributed by atoms with Gasteiger partial charge in [-0.2, -0.15) is 5.10 Å². The molecule has 0 saturated carbocycles. The molecule has 0 aliphatic heterocycles. The smallest absolute Gasteiger partial charge is 0.169 e. The number of aryl methyl sites for hydroxylation is 2. The number of carbonyl (C=O) groups excluding carboxylic acids is 1. The van der Waals surface area contributed by atoms with E-state index in [0.717, 1.165) is 11.3 Å². The first-order valence-electron chi connectivity index (χ1n) is 5.34. The van der Waals surface area contributed by atoms with Gasteiger partial charge in [0.25, 0.3) is 0 Å². The minimum Gasteiger partial charge on any atom is -0.294 e. The van der Waals surface area contributed by atoms with Gasteiger partial charge in [-0.25, -0.2) is 0 Å². The van der Waals surface area contributed by atoms with Crippen LogP contribution in [0.2, 0.25) is 5.02 Å². The summed E-state index contributed by atoms with van der Waals surface area (Å²) in [5.41, 5.74) is 2.38. The van der Waals surface area contributed by atoms with Gasteiger partial charge in [-0.1, -0.05) is 17.7 Å². The van der Waals surface area contributed by atoms with Crippen LogP contribution in [0.25, 0.3) is 0 Å². The zero-order chi connectivity index (χ0) is 12.4. The SMILES string of the molecule is Cc1ccc(Cl)cc1C(=O)Cc1ccn(C)n1. The van der Waals surface area contributed by atoms with Crippen LogP contribution in [0.15, 0.2) is 30.5 Å². The quantitative estimate of drug-likeness (QED) is 0.783. The van der Waals surface area contributed by atoms with Crippen LogP contribution < -0.4 is 0 Å². The Morgan fingerprint density at radius 1 is 1.41 bits per heavy atom. The van der Waals surface area contributed by atoms with Crippen molar-refractivity contribution in [1.29, 1.82) is 0 Å². The number of halogens is 1. The summed E-state index contributed by atoms with van der Waals surface area (Å²) in [4.78, 5) is 12.1. The Hall–Kier alpha value is -1.61. The molecule has 0 spiro atoms. The van der Waals surface area contributed by atoms with Crippen molar-refractivity contribution in [2.75, 3.05) is 0 Å². The maximum Gasteiger partial charge on any atom is 0.169 e. The summed E-state index contributed by atoms with van der Waals surface area (Å²) >= 11 is 5.90. The highest BCUT2D eigenvalue weighted by molar-refractivity contribution is 6.31. The molecule has 0 atom stereocenters. The van der Waals surface area contributed by atoms with Gasteiger partial charge in [0.05, 0.1) is 12.1 Å². The van der Waals surface area contributed by atoms with Crippen LogP contribution in [0, 0.1) is 6.92 Å². The van der Waals surface area contributed by atoms with Gasteiger partial charge in [-0.05, 0) is 30.7 Å². The van der Waals surface area contributed by atoms with Gasteiger partial charge in [-0.15, -0.1) is 0 Å². The Morgan fingerprint density at radius 3 is 2.82 bits per heavy atom. The third-order valence-electron chi connectivity index (χ3n) is 2.61. The van der Waals surface area contributed by atoms with E-state index in [9.17, 15) is 4.79 Å². The fraction of sp³-hybridized carbons (Fsp3) is 0.231. The molecule has 2 aromatic rings. The number of nitrogens with zero attached hydrogens (tertiary/aromatic N) is 2. The largest absolute Gasteiger partial charge is 0.294 e. The van der Waals surface area contributed by atoms with Gasteiger partial charge in [0, 0.05) is 23.8 Å². The fourth-order valence-corrected chi connectivity index (χ4v) is 1.88. The summed E-state index contributed by atoms with van der Waals surface area (Å²) in [6.45, 7) is 1.90. The Morgan fingerprint density at radius 2 is 2.18 bits per heavy atom. The summed E-state index contributed by atoms with van der Waals surface area (Å²) in [7, 11) is 1.83. The molecule has 0 saturated heterocycles. The molecule has 88 valence electrons. The second-order valence-corrected chi connectivity index (χ2v) is 4.48. The molecular weight excluding hydrogens is 236 g/mol. The van der Waals surface area contributed by atoms with Crippen molar-refractivity contribution < 1.29 is 4.79 Å². The molecule has 1 heterocycles. The Labute approximate surface area is 105 Å². The molecule has 0 N–H and O–H groups in total. The van der Waals surface area contributed by atoms with E-state index >= 15 is 0 Å². The van der Waals surface area contributed by atoms with Crippen LogP contribution in [0.5, 0.6) is 0 Å². The lowest BCUT2D eigenvalue weighted by molar-refractivity contribution is 0.0991. The molecule has 17 heavy (non-hydrogen) atoms. The van der Waals surface area contributed by atoms with Gasteiger partial charge < -0.3 is 0 Å². The highest BCUT2D eigenvalue weighted by Gasteiger charge is 2.11. The van der Waals surface area contributed by atoms with E-state index in [4.69, 9.17) is 11.6 Å². The predicted octanol–water partition coefficient (Wildman–Crippen LogP) is 2.81. The Bertz CT molecular complexity index is 560. The summed E-state index contributed by atoms with van der Waals surface area (Å²) in [6.07, 6.45) is 2.13. The van der Waals surface area contributed by atoms with Crippen molar-refractivity contribution in [3.63, 3.8) is 0 Å². The maximum atomic E-state index is 12.1. The van der Waals surface area contributed by atoms with Crippen molar-refractivity contribution in [2.24, 2.45) is 7.05 Å². The van der Waals surface area contributed by atoms with E-state index in [2.05, 4.69) is 5.10 Å². The molecule has 0 aliphatic carbocycles. The number of hydrogen-bond donors (Lipinski definition) is 0. The molecule has 4 heteroatoms. The molecule has 1 aromatic carbocycles. The van der Waals surface area contributed by atoms with Crippen molar-refractivity contribution in [3.8, 4) is 0 Å². The van der Waals surface area contributed by atoms with Crippen molar-refractivity contribution >= 4 is 17.4 Å². The van der Waals surface area contributed by atoms with E-state index < -0.39 is 0 Å². The minimum atomic E-state index is 0.0451. The van der Waals surface area contributed by atoms with E-state index in [1.807, 2.05) is 32.3 Å². The predicted molar refractivity (Wildman–Crippen MR) is 67.4 cm³/mol. The summed E-state index contributed by atoms with van der Waals surface area (Å²) in [6, 6.07) is 7.20. The van der Waals surface area contributed by atoms with Crippen molar-refractivity contribution in [2.45, 2.75) is 13.3 Å². The zero-order valence-corrected chi connectivity index (χ0v) is 10.5. The molecule has 0 aliphatic rings. The summed E-state index contributed by atoms with van der Waals surface area (Å²) < 4.78 is 1.69. The molecule has 0 bridgehead atoms. The standard InChI is InChI=1S/C13H13ClN2O/c1-9-3-4-10(14)7-12(9)13(17)8-11-5-6-16(2)15-11/h3-7H,8H2,1-2H3. The van der Waals surface area contributed by atoms with Crippen molar-refractivity contribution in [3.05, 3.63) is 52.3 Å². The van der Waals surface area contributed by atoms with E-state index in [0.29, 0.717) is 17.0 Å². The molecule has 0 radical (unpaired) electrons. The highest BCUT2D eigenvalue weighted by atomic mass is 35.5. The first-order chi connectivity index (χ1) is 8.06. The average Bonchev–Trinajstić information content (AvgIpc) is 2.67. The fourth-order valence-electron chi connectivity index (χ4n) is 1.71. The molecule has 0 unspecified atom stereocenters. The monoisotopic (exact) mass is 248 g/mol. The van der Waals surface area contributed by atoms with Gasteiger partial charge in [-0.3, -0.25) is 9.48 Å². The average molecular weight is 249 g/mol.